The van der Waals surface area contributed by atoms with E-state index in [4.69, 9.17) is 0 Å². The molecular weight excluding hydrogens is 218 g/mol. The zero-order chi connectivity index (χ0) is 13.0. The molecule has 4 nitrogen and oxygen atoms in total. The molecule has 94 valence electrons. The van der Waals surface area contributed by atoms with Gasteiger partial charge in [-0.2, -0.15) is 0 Å². The van der Waals surface area contributed by atoms with Gasteiger partial charge >= 0.3 is 0 Å². The molecule has 1 aromatic carbocycles. The van der Waals surface area contributed by atoms with Crippen molar-refractivity contribution in [3.05, 3.63) is 21.6 Å². The molecule has 0 aliphatic carbocycles. The minimum absolute atomic E-state index is 0.00111. The first-order valence-electron chi connectivity index (χ1n) is 5.91. The summed E-state index contributed by atoms with van der Waals surface area (Å²) >= 11 is 0. The fraction of sp³-hybridized carbons (Fsp3) is 0.538. The highest BCUT2D eigenvalue weighted by molar-refractivity contribution is 5.67. The number of benzene rings is 1. The van der Waals surface area contributed by atoms with Crippen molar-refractivity contribution in [2.24, 2.45) is 5.18 Å². The molecule has 0 fully saturated rings. The van der Waals surface area contributed by atoms with Crippen LogP contribution in [-0.4, -0.2) is 10.2 Å². The van der Waals surface area contributed by atoms with Crippen LogP contribution in [0, 0.1) is 18.8 Å². The first-order chi connectivity index (χ1) is 8.04. The van der Waals surface area contributed by atoms with Crippen molar-refractivity contribution >= 4 is 5.69 Å². The molecule has 4 heteroatoms. The van der Waals surface area contributed by atoms with Crippen LogP contribution in [0.15, 0.2) is 5.18 Å². The lowest BCUT2D eigenvalue weighted by Crippen LogP contribution is -1.93. The minimum Gasteiger partial charge on any atom is -0.507 e. The third-order valence-corrected chi connectivity index (χ3v) is 3.11. The van der Waals surface area contributed by atoms with Crippen LogP contribution in [0.25, 0.3) is 0 Å². The van der Waals surface area contributed by atoms with Crippen molar-refractivity contribution in [1.29, 1.82) is 0 Å². The number of phenols is 2. The molecule has 0 saturated heterocycles. The van der Waals surface area contributed by atoms with E-state index in [0.717, 1.165) is 19.3 Å². The predicted molar refractivity (Wildman–Crippen MR) is 67.9 cm³/mol. The van der Waals surface area contributed by atoms with E-state index in [-0.39, 0.29) is 17.2 Å². The van der Waals surface area contributed by atoms with Gasteiger partial charge in [-0.3, -0.25) is 0 Å². The lowest BCUT2D eigenvalue weighted by Gasteiger charge is -2.13. The van der Waals surface area contributed by atoms with E-state index in [1.807, 2.05) is 0 Å². The summed E-state index contributed by atoms with van der Waals surface area (Å²) in [4.78, 5) is 10.8. The summed E-state index contributed by atoms with van der Waals surface area (Å²) in [6.45, 7) is 5.36. The van der Waals surface area contributed by atoms with E-state index in [9.17, 15) is 15.1 Å². The molecule has 0 amide bonds. The molecule has 1 aromatic rings. The fourth-order valence-electron chi connectivity index (χ4n) is 1.98. The molecule has 17 heavy (non-hydrogen) atoms. The lowest BCUT2D eigenvalue weighted by molar-refractivity contribution is 0.436. The Bertz CT molecular complexity index is 427. The fourth-order valence-corrected chi connectivity index (χ4v) is 1.98. The summed E-state index contributed by atoms with van der Waals surface area (Å²) in [5, 5.41) is 22.6. The standard InChI is InChI=1S/C13H19NO3/c1-4-5-6-7-10-11(14-17)8(2)12(15)9(3)13(10)16/h15-16H,4-7H2,1-3H3. The van der Waals surface area contributed by atoms with Crippen LogP contribution in [0.3, 0.4) is 0 Å². The average Bonchev–Trinajstić information content (AvgIpc) is 2.33. The largest absolute Gasteiger partial charge is 0.507 e. The molecule has 0 aliphatic rings. The maximum atomic E-state index is 10.8. The van der Waals surface area contributed by atoms with Crippen LogP contribution in [0.1, 0.15) is 42.9 Å². The Kier molecular flexibility index (Phi) is 4.49. The van der Waals surface area contributed by atoms with Crippen LogP contribution in [0.5, 0.6) is 11.5 Å². The van der Waals surface area contributed by atoms with E-state index in [2.05, 4.69) is 12.1 Å². The first-order valence-corrected chi connectivity index (χ1v) is 5.91. The molecule has 2 N–H and O–H groups in total. The summed E-state index contributed by atoms with van der Waals surface area (Å²) in [6.07, 6.45) is 3.62. The Morgan fingerprint density at radius 2 is 1.71 bits per heavy atom. The highest BCUT2D eigenvalue weighted by Gasteiger charge is 2.19. The van der Waals surface area contributed by atoms with Gasteiger partial charge < -0.3 is 10.2 Å². The first kappa shape index (κ1) is 13.5. The van der Waals surface area contributed by atoms with Gasteiger partial charge in [0.25, 0.3) is 0 Å². The van der Waals surface area contributed by atoms with Gasteiger partial charge in [-0.1, -0.05) is 19.8 Å². The van der Waals surface area contributed by atoms with Crippen molar-refractivity contribution in [2.75, 3.05) is 0 Å². The van der Waals surface area contributed by atoms with Gasteiger partial charge in [-0.05, 0) is 31.9 Å². The van der Waals surface area contributed by atoms with Crippen LogP contribution in [0.4, 0.5) is 5.69 Å². The molecule has 0 atom stereocenters. The quantitative estimate of drug-likeness (QED) is 0.603. The Balaban J connectivity index is 3.22. The second kappa shape index (κ2) is 5.66. The zero-order valence-corrected chi connectivity index (χ0v) is 10.6. The van der Waals surface area contributed by atoms with Gasteiger partial charge in [0, 0.05) is 16.7 Å². The van der Waals surface area contributed by atoms with Gasteiger partial charge in [0.1, 0.15) is 17.2 Å². The average molecular weight is 237 g/mol. The van der Waals surface area contributed by atoms with Crippen molar-refractivity contribution in [3.63, 3.8) is 0 Å². The second-order valence-corrected chi connectivity index (χ2v) is 4.32. The smallest absolute Gasteiger partial charge is 0.127 e. The third-order valence-electron chi connectivity index (χ3n) is 3.11. The summed E-state index contributed by atoms with van der Waals surface area (Å²) in [5.41, 5.74) is 1.60. The molecule has 0 spiro atoms. The van der Waals surface area contributed by atoms with E-state index in [1.54, 1.807) is 13.8 Å². The summed E-state index contributed by atoms with van der Waals surface area (Å²) in [5.74, 6) is -0.0462. The number of aromatic hydroxyl groups is 2. The van der Waals surface area contributed by atoms with Gasteiger partial charge in [0.15, 0.2) is 0 Å². The van der Waals surface area contributed by atoms with Crippen LogP contribution in [-0.2, 0) is 6.42 Å². The number of nitrogens with zero attached hydrogens (tertiary/aromatic N) is 1. The van der Waals surface area contributed by atoms with Crippen LogP contribution >= 0.6 is 0 Å². The predicted octanol–water partition coefficient (Wildman–Crippen LogP) is 3.85. The second-order valence-electron chi connectivity index (χ2n) is 4.32. The molecule has 0 aromatic heterocycles. The van der Waals surface area contributed by atoms with Crippen LogP contribution in [0.2, 0.25) is 0 Å². The summed E-state index contributed by atoms with van der Waals surface area (Å²) in [7, 11) is 0. The van der Waals surface area contributed by atoms with E-state index >= 15 is 0 Å². The molecule has 0 unspecified atom stereocenters. The van der Waals surface area contributed by atoms with E-state index in [0.29, 0.717) is 23.1 Å². The monoisotopic (exact) mass is 237 g/mol. The Labute approximate surface area is 101 Å². The number of phenolic OH excluding ortho intramolecular Hbond substituents is 2. The Hall–Kier alpha value is -1.58. The van der Waals surface area contributed by atoms with Crippen molar-refractivity contribution in [3.8, 4) is 11.5 Å². The molecule has 0 bridgehead atoms. The highest BCUT2D eigenvalue weighted by Crippen LogP contribution is 2.42. The number of unbranched alkanes of at least 4 members (excludes halogenated alkanes) is 2. The van der Waals surface area contributed by atoms with Crippen LogP contribution < -0.4 is 0 Å². The Morgan fingerprint density at radius 1 is 1.06 bits per heavy atom. The summed E-state index contributed by atoms with van der Waals surface area (Å²) < 4.78 is 0. The minimum atomic E-state index is -0.0451. The molecule has 0 aliphatic heterocycles. The van der Waals surface area contributed by atoms with Gasteiger partial charge in [0.05, 0.1) is 0 Å². The van der Waals surface area contributed by atoms with E-state index in [1.165, 1.54) is 0 Å². The maximum Gasteiger partial charge on any atom is 0.127 e. The number of rotatable bonds is 5. The van der Waals surface area contributed by atoms with Gasteiger partial charge in [0.2, 0.25) is 0 Å². The number of hydrogen-bond acceptors (Lipinski definition) is 4. The topological polar surface area (TPSA) is 69.9 Å². The number of nitroso groups, excluding NO2 is 1. The molecule has 1 rings (SSSR count). The molecule has 0 radical (unpaired) electrons. The summed E-state index contributed by atoms with van der Waals surface area (Å²) in [6, 6.07) is 0. The van der Waals surface area contributed by atoms with Gasteiger partial charge in [-0.25, -0.2) is 0 Å². The van der Waals surface area contributed by atoms with Gasteiger partial charge in [-0.15, -0.1) is 4.91 Å². The van der Waals surface area contributed by atoms with E-state index < -0.39 is 0 Å². The normalized spacial score (nSPS) is 10.5. The Morgan fingerprint density at radius 3 is 2.24 bits per heavy atom. The zero-order valence-electron chi connectivity index (χ0n) is 10.6. The molecule has 0 heterocycles. The lowest BCUT2D eigenvalue weighted by atomic mass is 9.97. The SMILES string of the molecule is CCCCCc1c(O)c(C)c(O)c(C)c1N=O. The molecular formula is C13H19NO3. The highest BCUT2D eigenvalue weighted by atomic mass is 16.3. The van der Waals surface area contributed by atoms with Crippen molar-refractivity contribution in [1.82, 2.24) is 0 Å². The van der Waals surface area contributed by atoms with Crippen molar-refractivity contribution in [2.45, 2.75) is 46.5 Å². The number of hydrogen-bond donors (Lipinski definition) is 2. The van der Waals surface area contributed by atoms with Crippen molar-refractivity contribution < 1.29 is 10.2 Å². The maximum absolute atomic E-state index is 10.8. The molecule has 0 saturated carbocycles. The third kappa shape index (κ3) is 2.57.